The smallest absolute Gasteiger partial charge is 0.245 e. The lowest BCUT2D eigenvalue weighted by molar-refractivity contribution is -0.146. The number of nitrogens with zero attached hydrogens (tertiary/aromatic N) is 1. The molecule has 1 radical (unpaired) electrons. The topological polar surface area (TPSA) is 111 Å². The maximum Gasteiger partial charge on any atom is 0.245 e. The number of amides is 3. The number of benzene rings is 2. The van der Waals surface area contributed by atoms with Gasteiger partial charge in [0.05, 0.1) is 18.6 Å². The summed E-state index contributed by atoms with van der Waals surface area (Å²) in [5.41, 5.74) is 7.25. The van der Waals surface area contributed by atoms with E-state index < -0.39 is 23.8 Å². The van der Waals surface area contributed by atoms with Crippen LogP contribution in [0.25, 0.3) is 0 Å². The van der Waals surface area contributed by atoms with Crippen LogP contribution < -0.4 is 15.8 Å². The molecule has 1 saturated heterocycles. The second kappa shape index (κ2) is 13.1. The molecular weight excluding hydrogens is 458 g/mol. The number of hydrogen-bond acceptors (Lipinski definition) is 5. The molecule has 2 aromatic rings. The quantitative estimate of drug-likeness (QED) is 0.499. The molecule has 3 amide bonds. The van der Waals surface area contributed by atoms with Gasteiger partial charge in [-0.1, -0.05) is 49.4 Å². The molecule has 193 valence electrons. The van der Waals surface area contributed by atoms with Crippen LogP contribution in [0.1, 0.15) is 38.3 Å². The Balaban J connectivity index is 1.66. The second-order valence-corrected chi connectivity index (χ2v) is 9.43. The zero-order chi connectivity index (χ0) is 26.1. The van der Waals surface area contributed by atoms with Gasteiger partial charge in [0.25, 0.3) is 0 Å². The summed E-state index contributed by atoms with van der Waals surface area (Å²) in [6.07, 6.45) is 1.74. The van der Waals surface area contributed by atoms with Gasteiger partial charge in [-0.2, -0.15) is 0 Å². The molecule has 0 saturated carbocycles. The third-order valence-corrected chi connectivity index (χ3v) is 6.10. The molecule has 3 N–H and O–H groups in total. The van der Waals surface area contributed by atoms with E-state index in [0.29, 0.717) is 26.1 Å². The van der Waals surface area contributed by atoms with Gasteiger partial charge in [-0.05, 0) is 43.5 Å². The van der Waals surface area contributed by atoms with Crippen LogP contribution in [0, 0.1) is 12.3 Å². The molecule has 8 nitrogen and oxygen atoms in total. The molecular formula is C28H36N3O5. The molecule has 1 aliphatic heterocycles. The van der Waals surface area contributed by atoms with E-state index >= 15 is 0 Å². The van der Waals surface area contributed by atoms with Crippen LogP contribution in [0.2, 0.25) is 0 Å². The molecule has 1 heterocycles. The summed E-state index contributed by atoms with van der Waals surface area (Å²) < 4.78 is 11.6. The van der Waals surface area contributed by atoms with Gasteiger partial charge in [0.1, 0.15) is 18.4 Å². The van der Waals surface area contributed by atoms with Gasteiger partial charge in [0.15, 0.2) is 0 Å². The van der Waals surface area contributed by atoms with Gasteiger partial charge in [-0.3, -0.25) is 14.4 Å². The SMILES string of the molecule is CC1CN(C(=O)C(Cc2ccc(OCc3ccccc3)cc2)NC(=O)[CH]CC(C)C(N)=O)CC(C)O1. The van der Waals surface area contributed by atoms with Crippen molar-refractivity contribution in [1.82, 2.24) is 10.2 Å². The molecule has 4 unspecified atom stereocenters. The first-order chi connectivity index (χ1) is 17.2. The molecule has 0 bridgehead atoms. The molecule has 4 atom stereocenters. The zero-order valence-corrected chi connectivity index (χ0v) is 21.2. The van der Waals surface area contributed by atoms with Crippen LogP contribution in [0.4, 0.5) is 0 Å². The Morgan fingerprint density at radius 1 is 1.06 bits per heavy atom. The Kier molecular flexibility index (Phi) is 9.87. The van der Waals surface area contributed by atoms with Crippen LogP contribution >= 0.6 is 0 Å². The van der Waals surface area contributed by atoms with E-state index in [2.05, 4.69) is 5.32 Å². The number of hydrogen-bond donors (Lipinski definition) is 2. The van der Waals surface area contributed by atoms with Gasteiger partial charge < -0.3 is 25.4 Å². The largest absolute Gasteiger partial charge is 0.489 e. The molecule has 8 heteroatoms. The minimum atomic E-state index is -0.758. The molecule has 3 rings (SSSR count). The first-order valence-electron chi connectivity index (χ1n) is 12.3. The van der Waals surface area contributed by atoms with Gasteiger partial charge in [0.2, 0.25) is 17.7 Å². The summed E-state index contributed by atoms with van der Waals surface area (Å²) in [4.78, 5) is 39.1. The summed E-state index contributed by atoms with van der Waals surface area (Å²) in [5, 5.41) is 2.84. The Bertz CT molecular complexity index is 1000. The second-order valence-electron chi connectivity index (χ2n) is 9.43. The number of morpholine rings is 1. The highest BCUT2D eigenvalue weighted by Gasteiger charge is 2.31. The van der Waals surface area contributed by atoms with Crippen LogP contribution in [-0.2, 0) is 32.1 Å². The molecule has 2 aromatic carbocycles. The van der Waals surface area contributed by atoms with Crippen molar-refractivity contribution in [1.29, 1.82) is 0 Å². The highest BCUT2D eigenvalue weighted by Crippen LogP contribution is 2.18. The van der Waals surface area contributed by atoms with Gasteiger partial charge in [0, 0.05) is 25.4 Å². The normalized spacial score (nSPS) is 19.2. The average Bonchev–Trinajstić information content (AvgIpc) is 2.86. The van der Waals surface area contributed by atoms with Crippen molar-refractivity contribution in [3.63, 3.8) is 0 Å². The maximum atomic E-state index is 13.4. The summed E-state index contributed by atoms with van der Waals surface area (Å²) in [6.45, 7) is 6.90. The first-order valence-corrected chi connectivity index (χ1v) is 12.3. The molecule has 1 aliphatic rings. The van der Waals surface area contributed by atoms with E-state index in [1.807, 2.05) is 68.4 Å². The summed E-state index contributed by atoms with van der Waals surface area (Å²) in [7, 11) is 0. The summed E-state index contributed by atoms with van der Waals surface area (Å²) in [5.74, 6) is -0.782. The number of rotatable bonds is 11. The van der Waals surface area contributed by atoms with Crippen molar-refractivity contribution in [3.05, 3.63) is 72.1 Å². The number of ether oxygens (including phenoxy) is 2. The van der Waals surface area contributed by atoms with E-state index in [4.69, 9.17) is 15.2 Å². The maximum absolute atomic E-state index is 13.4. The highest BCUT2D eigenvalue weighted by atomic mass is 16.5. The van der Waals surface area contributed by atoms with Crippen molar-refractivity contribution in [2.75, 3.05) is 13.1 Å². The molecule has 36 heavy (non-hydrogen) atoms. The molecule has 0 aliphatic carbocycles. The van der Waals surface area contributed by atoms with Crippen molar-refractivity contribution >= 4 is 17.7 Å². The van der Waals surface area contributed by atoms with Gasteiger partial charge >= 0.3 is 0 Å². The number of carbonyl (C=O) groups is 3. The first kappa shape index (κ1) is 27.2. The van der Waals surface area contributed by atoms with E-state index in [9.17, 15) is 14.4 Å². The fourth-order valence-electron chi connectivity index (χ4n) is 4.11. The lowest BCUT2D eigenvalue weighted by Crippen LogP contribution is -2.55. The molecule has 0 spiro atoms. The van der Waals surface area contributed by atoms with Crippen LogP contribution in [0.5, 0.6) is 5.75 Å². The Labute approximate surface area is 213 Å². The Morgan fingerprint density at radius 3 is 2.31 bits per heavy atom. The zero-order valence-electron chi connectivity index (χ0n) is 21.2. The van der Waals surface area contributed by atoms with E-state index in [1.165, 1.54) is 6.42 Å². The monoisotopic (exact) mass is 494 g/mol. The van der Waals surface area contributed by atoms with Gasteiger partial charge in [-0.15, -0.1) is 0 Å². The number of nitrogens with two attached hydrogens (primary N) is 1. The highest BCUT2D eigenvalue weighted by molar-refractivity contribution is 5.92. The average molecular weight is 495 g/mol. The van der Waals surface area contributed by atoms with E-state index in [0.717, 1.165) is 16.9 Å². The fraction of sp³-hybridized carbons (Fsp3) is 0.429. The van der Waals surface area contributed by atoms with Crippen molar-refractivity contribution in [2.24, 2.45) is 11.7 Å². The lowest BCUT2D eigenvalue weighted by Gasteiger charge is -2.37. The summed E-state index contributed by atoms with van der Waals surface area (Å²) >= 11 is 0. The molecule has 0 aromatic heterocycles. The predicted molar refractivity (Wildman–Crippen MR) is 137 cm³/mol. The van der Waals surface area contributed by atoms with Gasteiger partial charge in [-0.25, -0.2) is 0 Å². The predicted octanol–water partition coefficient (Wildman–Crippen LogP) is 2.64. The molecule has 1 fully saturated rings. The third-order valence-electron chi connectivity index (χ3n) is 6.10. The number of nitrogens with one attached hydrogen (secondary N) is 1. The third kappa shape index (κ3) is 8.37. The Morgan fingerprint density at radius 2 is 1.69 bits per heavy atom. The number of carbonyl (C=O) groups excluding carboxylic acids is 3. The van der Waals surface area contributed by atoms with Crippen molar-refractivity contribution in [3.8, 4) is 5.75 Å². The minimum absolute atomic E-state index is 0.0851. The van der Waals surface area contributed by atoms with Crippen LogP contribution in [0.3, 0.4) is 0 Å². The van der Waals surface area contributed by atoms with Crippen LogP contribution in [-0.4, -0.2) is 54.0 Å². The Hall–Kier alpha value is -3.39. The van der Waals surface area contributed by atoms with E-state index in [-0.39, 0.29) is 24.5 Å². The van der Waals surface area contributed by atoms with E-state index in [1.54, 1.807) is 11.8 Å². The van der Waals surface area contributed by atoms with Crippen molar-refractivity contribution in [2.45, 2.75) is 58.5 Å². The standard InChI is InChI=1S/C28H36N3O5/c1-19(27(29)33)9-14-26(32)30-25(28(34)31-16-20(2)36-21(3)17-31)15-22-10-12-24(13-11-22)35-18-23-7-5-4-6-8-23/h4-8,10-14,19-21,25H,9,15-18H2,1-3H3,(H2,29,33)(H,30,32). The summed E-state index contributed by atoms with van der Waals surface area (Å²) in [6, 6.07) is 16.7. The van der Waals surface area contributed by atoms with Crippen molar-refractivity contribution < 1.29 is 23.9 Å². The lowest BCUT2D eigenvalue weighted by atomic mass is 10.0. The minimum Gasteiger partial charge on any atom is -0.489 e. The van der Waals surface area contributed by atoms with Crippen LogP contribution in [0.15, 0.2) is 54.6 Å². The fourth-order valence-corrected chi connectivity index (χ4v) is 4.11. The number of primary amides is 1.